The molecule has 3 heteroatoms. The minimum atomic E-state index is -0.335. The van der Waals surface area contributed by atoms with Crippen LogP contribution in [0.2, 0.25) is 0 Å². The Balaban J connectivity index is 2.24. The molecule has 1 fully saturated rings. The summed E-state index contributed by atoms with van der Waals surface area (Å²) in [6.07, 6.45) is 4.11. The van der Waals surface area contributed by atoms with Gasteiger partial charge in [-0.3, -0.25) is 0 Å². The molecule has 12 heavy (non-hydrogen) atoms. The van der Waals surface area contributed by atoms with E-state index in [1.165, 1.54) is 0 Å². The number of esters is 1. The molecule has 1 heterocycles. The van der Waals surface area contributed by atoms with Gasteiger partial charge < -0.3 is 9.47 Å². The minimum absolute atomic E-state index is 0.255. The predicted octanol–water partition coefficient (Wildman–Crippen LogP) is 1.28. The molecule has 1 aliphatic heterocycles. The molecule has 0 spiro atoms. The first-order valence-electron chi connectivity index (χ1n) is 4.23. The maximum Gasteiger partial charge on any atom is 0.335 e. The second kappa shape index (κ2) is 4.93. The second-order valence-corrected chi connectivity index (χ2v) is 2.77. The van der Waals surface area contributed by atoms with E-state index in [1.54, 1.807) is 6.08 Å². The predicted molar refractivity (Wildman–Crippen MR) is 44.7 cm³/mol. The average molecular weight is 170 g/mol. The van der Waals surface area contributed by atoms with E-state index in [4.69, 9.17) is 9.47 Å². The second-order valence-electron chi connectivity index (χ2n) is 2.77. The van der Waals surface area contributed by atoms with Crippen molar-refractivity contribution in [1.29, 1.82) is 0 Å². The lowest BCUT2D eigenvalue weighted by Crippen LogP contribution is -2.29. The van der Waals surface area contributed by atoms with E-state index in [0.717, 1.165) is 19.3 Å². The lowest BCUT2D eigenvalue weighted by Gasteiger charge is -2.20. The molecular formula is C9H14O3. The lowest BCUT2D eigenvalue weighted by molar-refractivity contribution is -0.158. The quantitative estimate of drug-likeness (QED) is 0.473. The Morgan fingerprint density at radius 2 is 2.50 bits per heavy atom. The zero-order valence-corrected chi connectivity index (χ0v) is 7.12. The van der Waals surface area contributed by atoms with Crippen molar-refractivity contribution in [2.75, 3.05) is 13.2 Å². The normalized spacial score (nSPS) is 23.2. The van der Waals surface area contributed by atoms with Crippen LogP contribution >= 0.6 is 0 Å². The summed E-state index contributed by atoms with van der Waals surface area (Å²) in [7, 11) is 0. The third-order valence-corrected chi connectivity index (χ3v) is 1.79. The third-order valence-electron chi connectivity index (χ3n) is 1.79. The minimum Gasteiger partial charge on any atom is -0.460 e. The van der Waals surface area contributed by atoms with Crippen molar-refractivity contribution >= 4 is 5.97 Å². The zero-order valence-electron chi connectivity index (χ0n) is 7.12. The van der Waals surface area contributed by atoms with Gasteiger partial charge in [-0.2, -0.15) is 0 Å². The summed E-state index contributed by atoms with van der Waals surface area (Å²) >= 11 is 0. The highest BCUT2D eigenvalue weighted by Gasteiger charge is 2.22. The Labute approximate surface area is 72.4 Å². The Morgan fingerprint density at radius 1 is 1.67 bits per heavy atom. The van der Waals surface area contributed by atoms with Crippen LogP contribution in [0.25, 0.3) is 0 Å². The fourth-order valence-electron chi connectivity index (χ4n) is 1.16. The Hall–Kier alpha value is -0.830. The molecule has 0 amide bonds. The average Bonchev–Trinajstić information content (AvgIpc) is 2.15. The van der Waals surface area contributed by atoms with Crippen LogP contribution in [0.15, 0.2) is 12.7 Å². The number of carbonyl (C=O) groups excluding carboxylic acids is 1. The van der Waals surface area contributed by atoms with Gasteiger partial charge in [-0.05, 0) is 19.3 Å². The van der Waals surface area contributed by atoms with Crippen LogP contribution in [-0.2, 0) is 14.3 Å². The van der Waals surface area contributed by atoms with Crippen LogP contribution < -0.4 is 0 Å². The molecule has 0 aliphatic carbocycles. The van der Waals surface area contributed by atoms with Crippen molar-refractivity contribution in [3.63, 3.8) is 0 Å². The first-order valence-corrected chi connectivity index (χ1v) is 4.23. The monoisotopic (exact) mass is 170 g/mol. The molecule has 1 unspecified atom stereocenters. The van der Waals surface area contributed by atoms with Gasteiger partial charge in [0.1, 0.15) is 6.61 Å². The summed E-state index contributed by atoms with van der Waals surface area (Å²) in [5.41, 5.74) is 0. The topological polar surface area (TPSA) is 35.5 Å². The fraction of sp³-hybridized carbons (Fsp3) is 0.667. The first kappa shape index (κ1) is 9.26. The summed E-state index contributed by atoms with van der Waals surface area (Å²) in [4.78, 5) is 11.2. The van der Waals surface area contributed by atoms with Crippen LogP contribution in [-0.4, -0.2) is 25.3 Å². The summed E-state index contributed by atoms with van der Waals surface area (Å²) in [6, 6.07) is 0. The molecule has 0 N–H and O–H groups in total. The summed E-state index contributed by atoms with van der Waals surface area (Å²) < 4.78 is 10.1. The van der Waals surface area contributed by atoms with Gasteiger partial charge in [-0.15, -0.1) is 0 Å². The molecule has 1 aliphatic rings. The molecule has 0 aromatic rings. The van der Waals surface area contributed by atoms with Crippen molar-refractivity contribution < 1.29 is 14.3 Å². The molecule has 0 aromatic carbocycles. The molecule has 1 atom stereocenters. The van der Waals surface area contributed by atoms with Gasteiger partial charge in [0.25, 0.3) is 0 Å². The van der Waals surface area contributed by atoms with Gasteiger partial charge in [0, 0.05) is 6.61 Å². The lowest BCUT2D eigenvalue weighted by atomic mass is 10.1. The number of rotatable bonds is 3. The van der Waals surface area contributed by atoms with E-state index in [-0.39, 0.29) is 18.7 Å². The van der Waals surface area contributed by atoms with Crippen LogP contribution in [0, 0.1) is 0 Å². The maximum absolute atomic E-state index is 11.2. The largest absolute Gasteiger partial charge is 0.460 e. The zero-order chi connectivity index (χ0) is 8.81. The molecule has 1 saturated heterocycles. The van der Waals surface area contributed by atoms with Crippen molar-refractivity contribution in [2.24, 2.45) is 0 Å². The summed E-state index contributed by atoms with van der Waals surface area (Å²) in [5, 5.41) is 0. The van der Waals surface area contributed by atoms with Gasteiger partial charge in [0.15, 0.2) is 6.10 Å². The van der Waals surface area contributed by atoms with Gasteiger partial charge in [-0.1, -0.05) is 12.7 Å². The van der Waals surface area contributed by atoms with Crippen molar-refractivity contribution in [1.82, 2.24) is 0 Å². The SMILES string of the molecule is C=CCOC(=O)C1CCCCO1. The molecule has 0 radical (unpaired) electrons. The fourth-order valence-corrected chi connectivity index (χ4v) is 1.16. The standard InChI is InChI=1S/C9H14O3/c1-2-6-12-9(10)8-5-3-4-7-11-8/h2,8H,1,3-7H2. The van der Waals surface area contributed by atoms with Crippen molar-refractivity contribution in [3.8, 4) is 0 Å². The highest BCUT2D eigenvalue weighted by molar-refractivity contribution is 5.74. The van der Waals surface area contributed by atoms with Crippen molar-refractivity contribution in [3.05, 3.63) is 12.7 Å². The Kier molecular flexibility index (Phi) is 3.80. The summed E-state index contributed by atoms with van der Waals surface area (Å²) in [6.45, 7) is 4.41. The number of hydrogen-bond donors (Lipinski definition) is 0. The summed E-state index contributed by atoms with van der Waals surface area (Å²) in [5.74, 6) is -0.255. The maximum atomic E-state index is 11.2. The van der Waals surface area contributed by atoms with Gasteiger partial charge in [0.05, 0.1) is 0 Å². The highest BCUT2D eigenvalue weighted by Crippen LogP contribution is 2.13. The first-order chi connectivity index (χ1) is 5.84. The van der Waals surface area contributed by atoms with Gasteiger partial charge in [0.2, 0.25) is 0 Å². The Bertz CT molecular complexity index is 159. The molecule has 1 rings (SSSR count). The van der Waals surface area contributed by atoms with Crippen LogP contribution in [0.1, 0.15) is 19.3 Å². The van der Waals surface area contributed by atoms with Gasteiger partial charge >= 0.3 is 5.97 Å². The molecule has 0 saturated carbocycles. The molecule has 0 bridgehead atoms. The smallest absolute Gasteiger partial charge is 0.335 e. The van der Waals surface area contributed by atoms with Crippen LogP contribution in [0.5, 0.6) is 0 Å². The van der Waals surface area contributed by atoms with E-state index in [9.17, 15) is 4.79 Å². The van der Waals surface area contributed by atoms with E-state index < -0.39 is 0 Å². The number of carbonyl (C=O) groups is 1. The van der Waals surface area contributed by atoms with Crippen LogP contribution in [0.4, 0.5) is 0 Å². The number of hydrogen-bond acceptors (Lipinski definition) is 3. The van der Waals surface area contributed by atoms with E-state index in [1.807, 2.05) is 0 Å². The van der Waals surface area contributed by atoms with Crippen molar-refractivity contribution in [2.45, 2.75) is 25.4 Å². The molecular weight excluding hydrogens is 156 g/mol. The van der Waals surface area contributed by atoms with Crippen LogP contribution in [0.3, 0.4) is 0 Å². The third kappa shape index (κ3) is 2.66. The molecule has 3 nitrogen and oxygen atoms in total. The number of ether oxygens (including phenoxy) is 2. The molecule has 0 aromatic heterocycles. The van der Waals surface area contributed by atoms with E-state index in [2.05, 4.69) is 6.58 Å². The highest BCUT2D eigenvalue weighted by atomic mass is 16.6. The van der Waals surface area contributed by atoms with E-state index >= 15 is 0 Å². The molecule has 68 valence electrons. The van der Waals surface area contributed by atoms with E-state index in [0.29, 0.717) is 6.61 Å². The van der Waals surface area contributed by atoms with Gasteiger partial charge in [-0.25, -0.2) is 4.79 Å². The Morgan fingerprint density at radius 3 is 3.08 bits per heavy atom.